The number of aromatic nitrogens is 1. The Labute approximate surface area is 100 Å². The molecule has 0 spiro atoms. The Morgan fingerprint density at radius 1 is 1.53 bits per heavy atom. The van der Waals surface area contributed by atoms with Crippen LogP contribution in [-0.2, 0) is 11.8 Å². The lowest BCUT2D eigenvalue weighted by atomic mass is 10.0. The highest BCUT2D eigenvalue weighted by atomic mass is 16.4. The number of carboxylic acids is 1. The van der Waals surface area contributed by atoms with E-state index in [1.54, 1.807) is 29.9 Å². The molecule has 1 atom stereocenters. The molecule has 1 rings (SSSR count). The van der Waals surface area contributed by atoms with E-state index in [0.717, 1.165) is 6.42 Å². The van der Waals surface area contributed by atoms with Crippen molar-refractivity contribution in [3.05, 3.63) is 24.0 Å². The quantitative estimate of drug-likeness (QED) is 0.783. The number of nitrogens with zero attached hydrogens (tertiary/aromatic N) is 1. The molecule has 0 saturated carbocycles. The summed E-state index contributed by atoms with van der Waals surface area (Å²) in [5.41, 5.74) is 0.533. The first-order valence-electron chi connectivity index (χ1n) is 5.68. The number of carbonyl (C=O) groups is 2. The molecule has 1 amide bonds. The fourth-order valence-electron chi connectivity index (χ4n) is 1.66. The minimum absolute atomic E-state index is 0.174. The van der Waals surface area contributed by atoms with E-state index in [9.17, 15) is 9.59 Å². The Morgan fingerprint density at radius 2 is 2.24 bits per heavy atom. The van der Waals surface area contributed by atoms with Crippen molar-refractivity contribution in [2.75, 3.05) is 6.54 Å². The zero-order valence-corrected chi connectivity index (χ0v) is 10.1. The van der Waals surface area contributed by atoms with Crippen molar-refractivity contribution in [3.63, 3.8) is 0 Å². The monoisotopic (exact) mass is 238 g/mol. The highest BCUT2D eigenvalue weighted by Gasteiger charge is 2.18. The second-order valence-corrected chi connectivity index (χ2v) is 4.04. The number of aliphatic carboxylic acids is 1. The van der Waals surface area contributed by atoms with Gasteiger partial charge >= 0.3 is 5.97 Å². The third-order valence-electron chi connectivity index (χ3n) is 2.67. The van der Waals surface area contributed by atoms with Crippen LogP contribution < -0.4 is 5.32 Å². The average molecular weight is 238 g/mol. The third kappa shape index (κ3) is 3.62. The lowest BCUT2D eigenvalue weighted by Crippen LogP contribution is -2.33. The molecule has 0 saturated heterocycles. The van der Waals surface area contributed by atoms with Gasteiger partial charge in [-0.25, -0.2) is 0 Å². The minimum atomic E-state index is -0.862. The predicted octanol–water partition coefficient (Wildman–Crippen LogP) is 1.26. The van der Waals surface area contributed by atoms with E-state index in [-0.39, 0.29) is 12.5 Å². The molecule has 2 N–H and O–H groups in total. The molecule has 1 heterocycles. The van der Waals surface area contributed by atoms with Crippen LogP contribution in [0.1, 0.15) is 30.3 Å². The number of hydrogen-bond acceptors (Lipinski definition) is 2. The van der Waals surface area contributed by atoms with E-state index in [1.807, 2.05) is 6.92 Å². The molecule has 17 heavy (non-hydrogen) atoms. The summed E-state index contributed by atoms with van der Waals surface area (Å²) in [4.78, 5) is 22.6. The van der Waals surface area contributed by atoms with Crippen LogP contribution in [0.2, 0.25) is 0 Å². The Morgan fingerprint density at radius 3 is 2.71 bits per heavy atom. The summed E-state index contributed by atoms with van der Waals surface area (Å²) in [6.45, 7) is 2.10. The summed E-state index contributed by atoms with van der Waals surface area (Å²) in [5.74, 6) is -1.61. The van der Waals surface area contributed by atoms with Crippen LogP contribution in [0.3, 0.4) is 0 Å². The van der Waals surface area contributed by atoms with E-state index in [1.165, 1.54) is 0 Å². The molecule has 0 fully saturated rings. The maximum atomic E-state index is 11.7. The van der Waals surface area contributed by atoms with Gasteiger partial charge in [0.2, 0.25) is 0 Å². The molecule has 1 unspecified atom stereocenters. The zero-order chi connectivity index (χ0) is 12.8. The Hall–Kier alpha value is -1.78. The minimum Gasteiger partial charge on any atom is -0.481 e. The summed E-state index contributed by atoms with van der Waals surface area (Å²) < 4.78 is 1.70. The standard InChI is InChI=1S/C12H18N2O3/c1-3-5-9(12(16)17)8-13-11(15)10-6-4-7-14(10)2/h4,6-7,9H,3,5,8H2,1-2H3,(H,13,15)(H,16,17). The predicted molar refractivity (Wildman–Crippen MR) is 63.8 cm³/mol. The number of aryl methyl sites for hydroxylation is 1. The highest BCUT2D eigenvalue weighted by Crippen LogP contribution is 2.06. The number of rotatable bonds is 6. The molecular formula is C12H18N2O3. The van der Waals surface area contributed by atoms with Crippen LogP contribution in [0.15, 0.2) is 18.3 Å². The first-order valence-corrected chi connectivity index (χ1v) is 5.68. The van der Waals surface area contributed by atoms with Crippen LogP contribution in [0.5, 0.6) is 0 Å². The fourth-order valence-corrected chi connectivity index (χ4v) is 1.66. The molecule has 0 radical (unpaired) electrons. The molecule has 0 bridgehead atoms. The van der Waals surface area contributed by atoms with E-state index < -0.39 is 11.9 Å². The van der Waals surface area contributed by atoms with E-state index >= 15 is 0 Å². The summed E-state index contributed by atoms with van der Waals surface area (Å²) in [6.07, 6.45) is 3.13. The first kappa shape index (κ1) is 13.3. The van der Waals surface area contributed by atoms with Crippen molar-refractivity contribution in [3.8, 4) is 0 Å². The van der Waals surface area contributed by atoms with Gasteiger partial charge < -0.3 is 15.0 Å². The number of amides is 1. The van der Waals surface area contributed by atoms with Gasteiger partial charge in [-0.1, -0.05) is 13.3 Å². The molecule has 1 aromatic heterocycles. The number of carbonyl (C=O) groups excluding carboxylic acids is 1. The lowest BCUT2D eigenvalue weighted by Gasteiger charge is -2.12. The van der Waals surface area contributed by atoms with E-state index in [2.05, 4.69) is 5.32 Å². The van der Waals surface area contributed by atoms with E-state index in [4.69, 9.17) is 5.11 Å². The second kappa shape index (κ2) is 6.08. The Bertz CT molecular complexity index is 398. The summed E-state index contributed by atoms with van der Waals surface area (Å²) in [7, 11) is 1.77. The molecule has 0 aliphatic rings. The summed E-state index contributed by atoms with van der Waals surface area (Å²) >= 11 is 0. The number of nitrogens with one attached hydrogen (secondary N) is 1. The maximum absolute atomic E-state index is 11.7. The van der Waals surface area contributed by atoms with Crippen LogP contribution in [-0.4, -0.2) is 28.1 Å². The first-order chi connectivity index (χ1) is 8.06. The van der Waals surface area contributed by atoms with Gasteiger partial charge in [-0.3, -0.25) is 9.59 Å². The molecule has 5 nitrogen and oxygen atoms in total. The fraction of sp³-hybridized carbons (Fsp3) is 0.500. The van der Waals surface area contributed by atoms with Gasteiger partial charge in [0.25, 0.3) is 5.91 Å². The Balaban J connectivity index is 2.52. The summed E-state index contributed by atoms with van der Waals surface area (Å²) in [5, 5.41) is 11.6. The van der Waals surface area contributed by atoms with Gasteiger partial charge in [-0.2, -0.15) is 0 Å². The zero-order valence-electron chi connectivity index (χ0n) is 10.1. The largest absolute Gasteiger partial charge is 0.481 e. The number of hydrogen-bond donors (Lipinski definition) is 2. The van der Waals surface area contributed by atoms with Crippen LogP contribution in [0, 0.1) is 5.92 Å². The van der Waals surface area contributed by atoms with E-state index in [0.29, 0.717) is 12.1 Å². The topological polar surface area (TPSA) is 71.3 Å². The van der Waals surface area contributed by atoms with Gasteiger partial charge in [-0.15, -0.1) is 0 Å². The van der Waals surface area contributed by atoms with Gasteiger partial charge in [0, 0.05) is 19.8 Å². The summed E-state index contributed by atoms with van der Waals surface area (Å²) in [6, 6.07) is 3.47. The van der Waals surface area contributed by atoms with Crippen molar-refractivity contribution < 1.29 is 14.7 Å². The van der Waals surface area contributed by atoms with Gasteiger partial charge in [0.15, 0.2) is 0 Å². The van der Waals surface area contributed by atoms with Crippen molar-refractivity contribution in [2.45, 2.75) is 19.8 Å². The molecule has 1 aromatic rings. The maximum Gasteiger partial charge on any atom is 0.308 e. The van der Waals surface area contributed by atoms with Crippen LogP contribution in [0.4, 0.5) is 0 Å². The van der Waals surface area contributed by atoms with Crippen molar-refractivity contribution >= 4 is 11.9 Å². The van der Waals surface area contributed by atoms with Crippen molar-refractivity contribution in [2.24, 2.45) is 13.0 Å². The molecule has 94 valence electrons. The Kier molecular flexibility index (Phi) is 4.75. The van der Waals surface area contributed by atoms with Gasteiger partial charge in [0.05, 0.1) is 5.92 Å². The van der Waals surface area contributed by atoms with Crippen molar-refractivity contribution in [1.82, 2.24) is 9.88 Å². The average Bonchev–Trinajstić information content (AvgIpc) is 2.69. The normalized spacial score (nSPS) is 12.1. The second-order valence-electron chi connectivity index (χ2n) is 4.04. The highest BCUT2D eigenvalue weighted by molar-refractivity contribution is 5.92. The molecule has 0 aliphatic heterocycles. The van der Waals surface area contributed by atoms with Crippen LogP contribution >= 0.6 is 0 Å². The van der Waals surface area contributed by atoms with Gasteiger partial charge in [-0.05, 0) is 18.6 Å². The SMILES string of the molecule is CCCC(CNC(=O)c1cccn1C)C(=O)O. The molecule has 0 aliphatic carbocycles. The van der Waals surface area contributed by atoms with Crippen LogP contribution in [0.25, 0.3) is 0 Å². The molecular weight excluding hydrogens is 220 g/mol. The smallest absolute Gasteiger partial charge is 0.308 e. The lowest BCUT2D eigenvalue weighted by molar-refractivity contribution is -0.141. The van der Waals surface area contributed by atoms with Crippen molar-refractivity contribution in [1.29, 1.82) is 0 Å². The number of carboxylic acid groups (broad SMARTS) is 1. The molecule has 5 heteroatoms. The third-order valence-corrected chi connectivity index (χ3v) is 2.67. The molecule has 0 aromatic carbocycles. The van der Waals surface area contributed by atoms with Gasteiger partial charge in [0.1, 0.15) is 5.69 Å².